The van der Waals surface area contributed by atoms with Gasteiger partial charge in [0.25, 0.3) is 5.91 Å². The number of aromatic amines is 1. The Morgan fingerprint density at radius 1 is 1.50 bits per heavy atom. The van der Waals surface area contributed by atoms with E-state index in [0.717, 1.165) is 6.42 Å². The minimum atomic E-state index is -1.05. The largest absolute Gasteiger partial charge is 0.480 e. The molecule has 0 spiro atoms. The highest BCUT2D eigenvalue weighted by Crippen LogP contribution is 2.24. The average molecular weight is 281 g/mol. The zero-order valence-corrected chi connectivity index (χ0v) is 10.9. The van der Waals surface area contributed by atoms with Crippen molar-refractivity contribution in [3.05, 3.63) is 27.9 Å². The van der Waals surface area contributed by atoms with Crippen molar-refractivity contribution in [3.63, 3.8) is 0 Å². The second kappa shape index (κ2) is 5.32. The Morgan fingerprint density at radius 2 is 2.20 bits per heavy atom. The van der Waals surface area contributed by atoms with Gasteiger partial charge in [-0.05, 0) is 29.7 Å². The third-order valence-electron chi connectivity index (χ3n) is 3.51. The van der Waals surface area contributed by atoms with E-state index in [0.29, 0.717) is 13.0 Å². The highest BCUT2D eigenvalue weighted by Gasteiger charge is 2.36. The Labute approximate surface area is 114 Å². The van der Waals surface area contributed by atoms with E-state index in [1.165, 1.54) is 17.0 Å². The lowest BCUT2D eigenvalue weighted by atomic mass is 9.92. The average Bonchev–Trinajstić information content (AvgIpc) is 2.87. The molecule has 1 aliphatic heterocycles. The van der Waals surface area contributed by atoms with Gasteiger partial charge in [0.2, 0.25) is 0 Å². The molecule has 2 unspecified atom stereocenters. The van der Waals surface area contributed by atoms with Crippen molar-refractivity contribution >= 4 is 17.7 Å². The Hall–Kier alpha value is -2.38. The van der Waals surface area contributed by atoms with Crippen LogP contribution in [-0.4, -0.2) is 44.4 Å². The zero-order valence-electron chi connectivity index (χ0n) is 10.9. The summed E-state index contributed by atoms with van der Waals surface area (Å²) in [5.41, 5.74) is 0.0394. The number of aliphatic carboxylic acids is 1. The molecule has 20 heavy (non-hydrogen) atoms. The van der Waals surface area contributed by atoms with Gasteiger partial charge in [-0.1, -0.05) is 6.92 Å². The van der Waals surface area contributed by atoms with Crippen molar-refractivity contribution in [2.45, 2.75) is 25.8 Å². The summed E-state index contributed by atoms with van der Waals surface area (Å²) in [5, 5.41) is 19.8. The van der Waals surface area contributed by atoms with E-state index in [9.17, 15) is 24.8 Å². The maximum absolute atomic E-state index is 12.3. The maximum Gasteiger partial charge on any atom is 0.326 e. The van der Waals surface area contributed by atoms with Gasteiger partial charge in [-0.3, -0.25) is 4.79 Å². The van der Waals surface area contributed by atoms with Crippen molar-refractivity contribution in [2.24, 2.45) is 5.92 Å². The van der Waals surface area contributed by atoms with Gasteiger partial charge in [0, 0.05) is 12.6 Å². The number of carbonyl (C=O) groups excluding carboxylic acids is 1. The number of carboxylic acids is 1. The summed E-state index contributed by atoms with van der Waals surface area (Å²) < 4.78 is 0. The normalized spacial score (nSPS) is 22.6. The van der Waals surface area contributed by atoms with Crippen LogP contribution in [0.25, 0.3) is 0 Å². The molecule has 0 bridgehead atoms. The second-order valence-electron chi connectivity index (χ2n) is 5.00. The van der Waals surface area contributed by atoms with Crippen LogP contribution in [0.2, 0.25) is 0 Å². The summed E-state index contributed by atoms with van der Waals surface area (Å²) in [5.74, 6) is -1.62. The predicted molar refractivity (Wildman–Crippen MR) is 68.3 cm³/mol. The first kappa shape index (κ1) is 14.0. The Balaban J connectivity index is 2.21. The van der Waals surface area contributed by atoms with Crippen LogP contribution >= 0.6 is 0 Å². The number of nitro groups is 1. The molecule has 1 fully saturated rings. The van der Waals surface area contributed by atoms with Gasteiger partial charge < -0.3 is 20.1 Å². The third-order valence-corrected chi connectivity index (χ3v) is 3.51. The first-order valence-electron chi connectivity index (χ1n) is 6.27. The summed E-state index contributed by atoms with van der Waals surface area (Å²) in [7, 11) is 0. The van der Waals surface area contributed by atoms with E-state index in [4.69, 9.17) is 0 Å². The molecule has 1 aliphatic rings. The quantitative estimate of drug-likeness (QED) is 0.638. The van der Waals surface area contributed by atoms with Crippen LogP contribution in [0.1, 0.15) is 30.3 Å². The van der Waals surface area contributed by atoms with Crippen LogP contribution in [0.5, 0.6) is 0 Å². The topological polar surface area (TPSA) is 117 Å². The number of H-pyrrole nitrogens is 1. The molecule has 0 radical (unpaired) electrons. The fourth-order valence-corrected chi connectivity index (χ4v) is 2.39. The van der Waals surface area contributed by atoms with Crippen molar-refractivity contribution in [2.75, 3.05) is 6.54 Å². The smallest absolute Gasteiger partial charge is 0.326 e. The van der Waals surface area contributed by atoms with Crippen LogP contribution < -0.4 is 0 Å². The number of piperidine rings is 1. The molecular formula is C12H15N3O5. The maximum atomic E-state index is 12.3. The molecule has 1 saturated heterocycles. The number of aromatic nitrogens is 1. The monoisotopic (exact) mass is 281 g/mol. The minimum Gasteiger partial charge on any atom is -0.480 e. The Morgan fingerprint density at radius 3 is 2.75 bits per heavy atom. The highest BCUT2D eigenvalue weighted by atomic mass is 16.6. The van der Waals surface area contributed by atoms with E-state index in [-0.39, 0.29) is 17.4 Å². The number of carboxylic acid groups (broad SMARTS) is 1. The molecule has 1 aromatic rings. The van der Waals surface area contributed by atoms with Gasteiger partial charge in [-0.25, -0.2) is 9.78 Å². The SMILES string of the molecule is CC1CCN(C(=O)c2ccc([N+](=O)[O-])[nH]2)C(C(=O)O)C1. The fourth-order valence-electron chi connectivity index (χ4n) is 2.39. The summed E-state index contributed by atoms with van der Waals surface area (Å²) >= 11 is 0. The molecule has 0 aromatic carbocycles. The van der Waals surface area contributed by atoms with E-state index < -0.39 is 22.8 Å². The number of hydrogen-bond acceptors (Lipinski definition) is 4. The van der Waals surface area contributed by atoms with Gasteiger partial charge in [0.1, 0.15) is 6.04 Å². The fraction of sp³-hybridized carbons (Fsp3) is 0.500. The lowest BCUT2D eigenvalue weighted by Crippen LogP contribution is -2.49. The molecule has 8 nitrogen and oxygen atoms in total. The number of hydrogen-bond donors (Lipinski definition) is 2. The van der Waals surface area contributed by atoms with Crippen molar-refractivity contribution < 1.29 is 19.6 Å². The highest BCUT2D eigenvalue weighted by molar-refractivity contribution is 5.95. The number of amides is 1. The van der Waals surface area contributed by atoms with Gasteiger partial charge in [-0.15, -0.1) is 0 Å². The third kappa shape index (κ3) is 2.63. The van der Waals surface area contributed by atoms with Crippen LogP contribution in [0.4, 0.5) is 5.82 Å². The van der Waals surface area contributed by atoms with Crippen LogP contribution in [0, 0.1) is 16.0 Å². The molecule has 1 amide bonds. The van der Waals surface area contributed by atoms with Crippen LogP contribution in [-0.2, 0) is 4.79 Å². The first-order valence-corrected chi connectivity index (χ1v) is 6.27. The minimum absolute atomic E-state index is 0.0394. The first-order chi connectivity index (χ1) is 9.40. The molecule has 2 N–H and O–H groups in total. The molecule has 0 saturated carbocycles. The molecule has 8 heteroatoms. The Bertz CT molecular complexity index is 553. The van der Waals surface area contributed by atoms with Crippen molar-refractivity contribution in [3.8, 4) is 0 Å². The van der Waals surface area contributed by atoms with Gasteiger partial charge in [-0.2, -0.15) is 0 Å². The standard InChI is InChI=1S/C12H15N3O5/c1-7-4-5-14(9(6-7)12(17)18)11(16)8-2-3-10(13-8)15(19)20/h2-3,7,9,13H,4-6H2,1H3,(H,17,18). The van der Waals surface area contributed by atoms with Crippen LogP contribution in [0.15, 0.2) is 12.1 Å². The molecule has 2 heterocycles. The summed E-state index contributed by atoms with van der Waals surface area (Å²) in [6.07, 6.45) is 1.11. The summed E-state index contributed by atoms with van der Waals surface area (Å²) in [4.78, 5) is 37.1. The van der Waals surface area contributed by atoms with Crippen molar-refractivity contribution in [1.29, 1.82) is 0 Å². The lowest BCUT2D eigenvalue weighted by Gasteiger charge is -2.35. The van der Waals surface area contributed by atoms with E-state index in [2.05, 4.69) is 4.98 Å². The molecule has 2 atom stereocenters. The predicted octanol–water partition coefficient (Wildman–Crippen LogP) is 1.25. The van der Waals surface area contributed by atoms with Crippen molar-refractivity contribution in [1.82, 2.24) is 9.88 Å². The molecule has 1 aromatic heterocycles. The second-order valence-corrected chi connectivity index (χ2v) is 5.00. The van der Waals surface area contributed by atoms with E-state index >= 15 is 0 Å². The molecule has 2 rings (SSSR count). The van der Waals surface area contributed by atoms with Gasteiger partial charge in [0.05, 0.1) is 0 Å². The van der Waals surface area contributed by atoms with Gasteiger partial charge in [0.15, 0.2) is 5.69 Å². The Kier molecular flexibility index (Phi) is 3.73. The lowest BCUT2D eigenvalue weighted by molar-refractivity contribution is -0.389. The number of rotatable bonds is 3. The summed E-state index contributed by atoms with van der Waals surface area (Å²) in [6.45, 7) is 2.28. The van der Waals surface area contributed by atoms with Gasteiger partial charge >= 0.3 is 11.8 Å². The molecular weight excluding hydrogens is 266 g/mol. The number of carbonyl (C=O) groups is 2. The zero-order chi connectivity index (χ0) is 14.9. The molecule has 108 valence electrons. The summed E-state index contributed by atoms with van der Waals surface area (Å²) in [6, 6.07) is 1.61. The van der Waals surface area contributed by atoms with Crippen LogP contribution in [0.3, 0.4) is 0 Å². The number of nitrogens with zero attached hydrogens (tertiary/aromatic N) is 2. The number of nitrogens with one attached hydrogen (secondary N) is 1. The number of likely N-dealkylation sites (tertiary alicyclic amines) is 1. The van der Waals surface area contributed by atoms with E-state index in [1.807, 2.05) is 6.92 Å². The van der Waals surface area contributed by atoms with E-state index in [1.54, 1.807) is 0 Å². The molecule has 0 aliphatic carbocycles.